The Morgan fingerprint density at radius 1 is 1.33 bits per heavy atom. The monoisotopic (exact) mass is 335 g/mol. The Bertz CT molecular complexity index is 298. The Morgan fingerprint density at radius 3 is 2.67 bits per heavy atom. The smallest absolute Gasteiger partial charge is 0.222 e. The largest absolute Gasteiger partial charge is 0.354 e. The van der Waals surface area contributed by atoms with Crippen LogP contribution >= 0.6 is 34.4 Å². The number of thioether (sulfide) groups is 1. The van der Waals surface area contributed by atoms with Crippen molar-refractivity contribution in [3.05, 3.63) is 16.0 Å². The average molecular weight is 335 g/mol. The summed E-state index contributed by atoms with van der Waals surface area (Å²) in [5.41, 5.74) is 0. The second kappa shape index (κ2) is 5.89. The van der Waals surface area contributed by atoms with Crippen molar-refractivity contribution in [1.29, 1.82) is 0 Å². The van der Waals surface area contributed by atoms with Gasteiger partial charge in [-0.25, -0.2) is 9.97 Å². The van der Waals surface area contributed by atoms with Gasteiger partial charge in [0.25, 0.3) is 0 Å². The van der Waals surface area contributed by atoms with Gasteiger partial charge in [-0.15, -0.1) is 0 Å². The lowest BCUT2D eigenvalue weighted by atomic mass is 10.0. The zero-order valence-corrected chi connectivity index (χ0v) is 11.4. The maximum absolute atomic E-state index is 4.23. The van der Waals surface area contributed by atoms with E-state index in [-0.39, 0.29) is 0 Å². The molecular weight excluding hydrogens is 321 g/mol. The summed E-state index contributed by atoms with van der Waals surface area (Å²) in [5.74, 6) is 4.17. The summed E-state index contributed by atoms with van der Waals surface area (Å²) in [7, 11) is 0. The SMILES string of the molecule is Ic1cnc(NCC2CCSCC2)nc1. The highest BCUT2D eigenvalue weighted by molar-refractivity contribution is 14.1. The van der Waals surface area contributed by atoms with Crippen LogP contribution in [-0.2, 0) is 0 Å². The third-order valence-electron chi connectivity index (χ3n) is 2.51. The zero-order chi connectivity index (χ0) is 10.5. The molecule has 0 radical (unpaired) electrons. The number of halogens is 1. The molecule has 0 aliphatic carbocycles. The number of nitrogens with one attached hydrogen (secondary N) is 1. The van der Waals surface area contributed by atoms with E-state index in [1.807, 2.05) is 12.4 Å². The molecular formula is C10H14IN3S. The van der Waals surface area contributed by atoms with Crippen LogP contribution in [-0.4, -0.2) is 28.0 Å². The van der Waals surface area contributed by atoms with Crippen molar-refractivity contribution >= 4 is 40.3 Å². The third-order valence-corrected chi connectivity index (χ3v) is 4.12. The highest BCUT2D eigenvalue weighted by Crippen LogP contribution is 2.22. The predicted molar refractivity (Wildman–Crippen MR) is 73.3 cm³/mol. The van der Waals surface area contributed by atoms with Crippen molar-refractivity contribution in [2.24, 2.45) is 5.92 Å². The van der Waals surface area contributed by atoms with E-state index < -0.39 is 0 Å². The first-order valence-corrected chi connectivity index (χ1v) is 7.37. The van der Waals surface area contributed by atoms with Gasteiger partial charge in [-0.3, -0.25) is 0 Å². The Morgan fingerprint density at radius 2 is 2.00 bits per heavy atom. The van der Waals surface area contributed by atoms with Gasteiger partial charge >= 0.3 is 0 Å². The molecule has 0 unspecified atom stereocenters. The van der Waals surface area contributed by atoms with Crippen molar-refractivity contribution in [1.82, 2.24) is 9.97 Å². The minimum absolute atomic E-state index is 0.758. The molecule has 82 valence electrons. The average Bonchev–Trinajstić information content (AvgIpc) is 2.30. The molecule has 15 heavy (non-hydrogen) atoms. The molecule has 0 atom stereocenters. The molecule has 2 heterocycles. The Balaban J connectivity index is 1.79. The fourth-order valence-electron chi connectivity index (χ4n) is 1.59. The maximum Gasteiger partial charge on any atom is 0.222 e. The predicted octanol–water partition coefficient (Wildman–Crippen LogP) is 2.64. The summed E-state index contributed by atoms with van der Waals surface area (Å²) in [6, 6.07) is 0. The number of aromatic nitrogens is 2. The first-order chi connectivity index (χ1) is 7.34. The van der Waals surface area contributed by atoms with E-state index in [1.54, 1.807) is 0 Å². The standard InChI is InChI=1S/C10H14IN3S/c11-9-6-13-10(14-7-9)12-5-8-1-3-15-4-2-8/h6-8H,1-5H2,(H,12,13,14). The maximum atomic E-state index is 4.23. The van der Waals surface area contributed by atoms with Gasteiger partial charge < -0.3 is 5.32 Å². The summed E-state index contributed by atoms with van der Waals surface area (Å²) < 4.78 is 1.08. The summed E-state index contributed by atoms with van der Waals surface area (Å²) in [6.45, 7) is 1.02. The molecule has 3 nitrogen and oxygen atoms in total. The van der Waals surface area contributed by atoms with E-state index >= 15 is 0 Å². The van der Waals surface area contributed by atoms with Crippen LogP contribution in [0.5, 0.6) is 0 Å². The molecule has 1 N–H and O–H groups in total. The van der Waals surface area contributed by atoms with Crippen molar-refractivity contribution in [2.75, 3.05) is 23.4 Å². The van der Waals surface area contributed by atoms with Gasteiger partial charge in [0.2, 0.25) is 5.95 Å². The molecule has 1 aliphatic heterocycles. The molecule has 1 aliphatic rings. The van der Waals surface area contributed by atoms with Gasteiger partial charge in [-0.2, -0.15) is 11.8 Å². The molecule has 2 rings (SSSR count). The van der Waals surface area contributed by atoms with E-state index in [1.165, 1.54) is 24.3 Å². The minimum atomic E-state index is 0.758. The van der Waals surface area contributed by atoms with Crippen molar-refractivity contribution in [3.63, 3.8) is 0 Å². The first kappa shape index (κ1) is 11.4. The van der Waals surface area contributed by atoms with Crippen LogP contribution < -0.4 is 5.32 Å². The topological polar surface area (TPSA) is 37.8 Å². The Hall–Kier alpha value is -0.0400. The van der Waals surface area contributed by atoms with E-state index in [4.69, 9.17) is 0 Å². The van der Waals surface area contributed by atoms with E-state index in [9.17, 15) is 0 Å². The summed E-state index contributed by atoms with van der Waals surface area (Å²) in [6.07, 6.45) is 6.32. The van der Waals surface area contributed by atoms with Gasteiger partial charge in [0.15, 0.2) is 0 Å². The van der Waals surface area contributed by atoms with Gasteiger partial charge in [0, 0.05) is 22.5 Å². The number of nitrogens with zero attached hydrogens (tertiary/aromatic N) is 2. The van der Waals surface area contributed by atoms with Crippen LogP contribution in [0.25, 0.3) is 0 Å². The highest BCUT2D eigenvalue weighted by Gasteiger charge is 2.13. The van der Waals surface area contributed by atoms with E-state index in [2.05, 4.69) is 49.6 Å². The van der Waals surface area contributed by atoms with Crippen LogP contribution in [0.4, 0.5) is 5.95 Å². The van der Waals surface area contributed by atoms with Crippen LogP contribution in [0.3, 0.4) is 0 Å². The molecule has 0 saturated carbocycles. The van der Waals surface area contributed by atoms with Crippen molar-refractivity contribution in [2.45, 2.75) is 12.8 Å². The number of rotatable bonds is 3. The van der Waals surface area contributed by atoms with Crippen molar-refractivity contribution in [3.8, 4) is 0 Å². The van der Waals surface area contributed by atoms with Gasteiger partial charge in [0.1, 0.15) is 0 Å². The molecule has 1 saturated heterocycles. The number of hydrogen-bond acceptors (Lipinski definition) is 4. The van der Waals surface area contributed by atoms with E-state index in [0.717, 1.165) is 22.0 Å². The molecule has 0 spiro atoms. The van der Waals surface area contributed by atoms with Gasteiger partial charge in [-0.05, 0) is 52.9 Å². The van der Waals surface area contributed by atoms with Crippen LogP contribution in [0.1, 0.15) is 12.8 Å². The second-order valence-electron chi connectivity index (χ2n) is 3.66. The molecule has 0 amide bonds. The molecule has 1 aromatic heterocycles. The first-order valence-electron chi connectivity index (χ1n) is 5.14. The third kappa shape index (κ3) is 3.79. The fourth-order valence-corrected chi connectivity index (χ4v) is 3.07. The number of anilines is 1. The summed E-state index contributed by atoms with van der Waals surface area (Å²) >= 11 is 4.27. The molecule has 5 heteroatoms. The lowest BCUT2D eigenvalue weighted by molar-refractivity contribution is 0.514. The van der Waals surface area contributed by atoms with Crippen LogP contribution in [0.15, 0.2) is 12.4 Å². The zero-order valence-electron chi connectivity index (χ0n) is 8.45. The Labute approximate surface area is 108 Å². The highest BCUT2D eigenvalue weighted by atomic mass is 127. The minimum Gasteiger partial charge on any atom is -0.354 e. The summed E-state index contributed by atoms with van der Waals surface area (Å²) in [5, 5.41) is 3.31. The van der Waals surface area contributed by atoms with Crippen LogP contribution in [0.2, 0.25) is 0 Å². The lowest BCUT2D eigenvalue weighted by Gasteiger charge is -2.21. The quantitative estimate of drug-likeness (QED) is 0.862. The fraction of sp³-hybridized carbons (Fsp3) is 0.600. The molecule has 1 fully saturated rings. The van der Waals surface area contributed by atoms with Gasteiger partial charge in [0.05, 0.1) is 0 Å². The van der Waals surface area contributed by atoms with E-state index in [0.29, 0.717) is 0 Å². The molecule has 0 bridgehead atoms. The van der Waals surface area contributed by atoms with Crippen molar-refractivity contribution < 1.29 is 0 Å². The van der Waals surface area contributed by atoms with Gasteiger partial charge in [-0.1, -0.05) is 0 Å². The number of hydrogen-bond donors (Lipinski definition) is 1. The second-order valence-corrected chi connectivity index (χ2v) is 6.13. The lowest BCUT2D eigenvalue weighted by Crippen LogP contribution is -2.20. The summed E-state index contributed by atoms with van der Waals surface area (Å²) in [4.78, 5) is 8.46. The Kier molecular flexibility index (Phi) is 4.49. The van der Waals surface area contributed by atoms with Crippen LogP contribution in [0, 0.1) is 9.49 Å². The molecule has 0 aromatic carbocycles. The normalized spacial score (nSPS) is 17.7. The molecule has 1 aromatic rings.